The molecule has 0 unspecified atom stereocenters. The van der Waals surface area contributed by atoms with E-state index in [9.17, 15) is 14.4 Å². The Balaban J connectivity index is 0.000000281. The Kier molecular flexibility index (Phi) is 5.10. The second-order valence-electron chi connectivity index (χ2n) is 3.39. The van der Waals surface area contributed by atoms with E-state index in [1.807, 2.05) is 10.6 Å². The number of urea groups is 1. The summed E-state index contributed by atoms with van der Waals surface area (Å²) in [5.41, 5.74) is 5.16. The van der Waals surface area contributed by atoms with Crippen molar-refractivity contribution >= 4 is 23.7 Å². The molecule has 1 rings (SSSR count). The van der Waals surface area contributed by atoms with Gasteiger partial charge in [-0.1, -0.05) is 13.8 Å². The number of carbonyl (C=O) groups excluding carboxylic acids is 2. The van der Waals surface area contributed by atoms with Crippen LogP contribution in [0.25, 0.3) is 0 Å². The van der Waals surface area contributed by atoms with Gasteiger partial charge in [0.05, 0.1) is 0 Å². The smallest absolute Gasteiger partial charge is 0.327 e. The number of carboxylic acid groups (broad SMARTS) is 1. The Labute approximate surface area is 91.7 Å². The summed E-state index contributed by atoms with van der Waals surface area (Å²) >= 11 is 0. The fourth-order valence-electron chi connectivity index (χ4n) is 0.652. The van der Waals surface area contributed by atoms with E-state index < -0.39 is 29.8 Å². The number of rotatable bonds is 2. The first-order valence-electron chi connectivity index (χ1n) is 4.45. The third-order valence-electron chi connectivity index (χ3n) is 1.70. The molecule has 1 aliphatic rings. The number of amidine groups is 1. The van der Waals surface area contributed by atoms with Gasteiger partial charge in [0.25, 0.3) is 5.91 Å². The number of imide groups is 1. The summed E-state index contributed by atoms with van der Waals surface area (Å²) in [5.74, 6) is -1.97. The minimum Gasteiger partial charge on any atom is -0.480 e. The van der Waals surface area contributed by atoms with Crippen LogP contribution >= 0.6 is 0 Å². The van der Waals surface area contributed by atoms with Crippen molar-refractivity contribution in [2.45, 2.75) is 19.9 Å². The van der Waals surface area contributed by atoms with Crippen LogP contribution in [0.3, 0.4) is 0 Å². The molecule has 16 heavy (non-hydrogen) atoms. The number of carbonyl (C=O) groups is 3. The zero-order chi connectivity index (χ0) is 12.9. The summed E-state index contributed by atoms with van der Waals surface area (Å²) in [5, 5.41) is 18.7. The van der Waals surface area contributed by atoms with Crippen LogP contribution in [0.4, 0.5) is 4.79 Å². The van der Waals surface area contributed by atoms with Crippen molar-refractivity contribution in [1.29, 1.82) is 5.41 Å². The van der Waals surface area contributed by atoms with Crippen molar-refractivity contribution in [3.8, 4) is 0 Å². The molecule has 0 spiro atoms. The molecule has 0 aromatic carbocycles. The number of aliphatic carboxylic acids is 1. The molecule has 0 saturated carbocycles. The highest BCUT2D eigenvalue weighted by molar-refractivity contribution is 6.46. The largest absolute Gasteiger partial charge is 0.480 e. The average Bonchev–Trinajstić information content (AvgIpc) is 2.43. The lowest BCUT2D eigenvalue weighted by atomic mass is 10.1. The van der Waals surface area contributed by atoms with Crippen molar-refractivity contribution in [3.63, 3.8) is 0 Å². The average molecular weight is 230 g/mol. The summed E-state index contributed by atoms with van der Waals surface area (Å²) in [6.45, 7) is 3.55. The van der Waals surface area contributed by atoms with Crippen LogP contribution in [0, 0.1) is 11.3 Å². The van der Waals surface area contributed by atoms with E-state index in [4.69, 9.17) is 16.2 Å². The van der Waals surface area contributed by atoms with E-state index in [2.05, 4.69) is 0 Å². The van der Waals surface area contributed by atoms with Crippen LogP contribution in [-0.4, -0.2) is 34.9 Å². The summed E-state index contributed by atoms with van der Waals surface area (Å²) in [6.07, 6.45) is 0. The molecule has 8 heteroatoms. The molecule has 0 aromatic rings. The van der Waals surface area contributed by atoms with Gasteiger partial charge in [-0.2, -0.15) is 0 Å². The predicted octanol–water partition coefficient (Wildman–Crippen LogP) is -1.14. The van der Waals surface area contributed by atoms with Crippen LogP contribution in [-0.2, 0) is 9.59 Å². The van der Waals surface area contributed by atoms with Crippen molar-refractivity contribution < 1.29 is 19.5 Å². The highest BCUT2D eigenvalue weighted by Gasteiger charge is 2.22. The van der Waals surface area contributed by atoms with Gasteiger partial charge in [-0.25, -0.2) is 4.79 Å². The van der Waals surface area contributed by atoms with E-state index in [-0.39, 0.29) is 5.92 Å². The van der Waals surface area contributed by atoms with E-state index in [0.29, 0.717) is 0 Å². The second-order valence-corrected chi connectivity index (χ2v) is 3.39. The Hall–Kier alpha value is -1.96. The second kappa shape index (κ2) is 5.81. The van der Waals surface area contributed by atoms with E-state index in [1.165, 1.54) is 0 Å². The SMILES string of the molecule is CC(C)[C@H](N)C(=O)O.N=C1NC(=O)NC1=O. The van der Waals surface area contributed by atoms with Gasteiger partial charge in [0.15, 0.2) is 5.84 Å². The monoisotopic (exact) mass is 230 g/mol. The first kappa shape index (κ1) is 14.0. The number of nitrogens with two attached hydrogens (primary N) is 1. The number of amides is 3. The molecule has 1 saturated heterocycles. The number of nitrogens with one attached hydrogen (secondary N) is 3. The van der Waals surface area contributed by atoms with Gasteiger partial charge in [-0.05, 0) is 5.92 Å². The standard InChI is InChI=1S/C5H11NO2.C3H3N3O2/c1-3(2)4(6)5(7)8;4-1-2(7)6-3(8)5-1/h3-4H,6H2,1-2H3,(H,7,8);(H3,4,5,6,7,8)/t4-;/m0./s1. The lowest BCUT2D eigenvalue weighted by Crippen LogP contribution is -2.34. The maximum Gasteiger partial charge on any atom is 0.327 e. The van der Waals surface area contributed by atoms with Crippen LogP contribution in [0.5, 0.6) is 0 Å². The molecule has 1 atom stereocenters. The van der Waals surface area contributed by atoms with Gasteiger partial charge >= 0.3 is 12.0 Å². The molecule has 0 bridgehead atoms. The molecular weight excluding hydrogens is 216 g/mol. The van der Waals surface area contributed by atoms with E-state index >= 15 is 0 Å². The van der Waals surface area contributed by atoms with Crippen molar-refractivity contribution in [2.75, 3.05) is 0 Å². The fourth-order valence-corrected chi connectivity index (χ4v) is 0.652. The zero-order valence-corrected chi connectivity index (χ0v) is 8.90. The minimum atomic E-state index is -0.931. The summed E-state index contributed by atoms with van der Waals surface area (Å²) in [4.78, 5) is 30.3. The Bertz CT molecular complexity index is 308. The molecule has 6 N–H and O–H groups in total. The summed E-state index contributed by atoms with van der Waals surface area (Å²) < 4.78 is 0. The first-order valence-corrected chi connectivity index (χ1v) is 4.45. The highest BCUT2D eigenvalue weighted by atomic mass is 16.4. The zero-order valence-electron chi connectivity index (χ0n) is 8.90. The third-order valence-corrected chi connectivity index (χ3v) is 1.70. The van der Waals surface area contributed by atoms with Gasteiger partial charge in [0.2, 0.25) is 0 Å². The lowest BCUT2D eigenvalue weighted by molar-refractivity contribution is -0.139. The molecule has 3 amide bonds. The van der Waals surface area contributed by atoms with E-state index in [1.54, 1.807) is 13.8 Å². The number of hydrogen-bond acceptors (Lipinski definition) is 5. The van der Waals surface area contributed by atoms with Crippen molar-refractivity contribution in [2.24, 2.45) is 11.7 Å². The van der Waals surface area contributed by atoms with Crippen LogP contribution in [0.1, 0.15) is 13.8 Å². The highest BCUT2D eigenvalue weighted by Crippen LogP contribution is 1.96. The van der Waals surface area contributed by atoms with Crippen molar-refractivity contribution in [3.05, 3.63) is 0 Å². The first-order chi connectivity index (χ1) is 7.25. The topological polar surface area (TPSA) is 145 Å². The Morgan fingerprint density at radius 3 is 1.94 bits per heavy atom. The molecular formula is C8H14N4O4. The van der Waals surface area contributed by atoms with Crippen LogP contribution in [0.2, 0.25) is 0 Å². The quantitative estimate of drug-likeness (QED) is 0.380. The fraction of sp³-hybridized carbons (Fsp3) is 0.500. The molecule has 0 aromatic heterocycles. The lowest BCUT2D eigenvalue weighted by Gasteiger charge is -2.07. The molecule has 8 nitrogen and oxygen atoms in total. The van der Waals surface area contributed by atoms with Gasteiger partial charge < -0.3 is 10.8 Å². The van der Waals surface area contributed by atoms with Crippen LogP contribution < -0.4 is 16.4 Å². The summed E-state index contributed by atoms with van der Waals surface area (Å²) in [7, 11) is 0. The van der Waals surface area contributed by atoms with Gasteiger partial charge in [-0.3, -0.25) is 25.6 Å². The maximum absolute atomic E-state index is 10.2. The predicted molar refractivity (Wildman–Crippen MR) is 54.9 cm³/mol. The molecule has 1 aliphatic heterocycles. The van der Waals surface area contributed by atoms with Gasteiger partial charge in [0.1, 0.15) is 6.04 Å². The molecule has 1 heterocycles. The maximum atomic E-state index is 10.2. The summed E-state index contributed by atoms with van der Waals surface area (Å²) in [6, 6.07) is -1.34. The van der Waals surface area contributed by atoms with Crippen LogP contribution in [0.15, 0.2) is 0 Å². The molecule has 0 radical (unpaired) electrons. The molecule has 1 fully saturated rings. The van der Waals surface area contributed by atoms with E-state index in [0.717, 1.165) is 0 Å². The normalized spacial score (nSPS) is 16.1. The van der Waals surface area contributed by atoms with Gasteiger partial charge in [-0.15, -0.1) is 0 Å². The molecule has 90 valence electrons. The number of carboxylic acids is 1. The Morgan fingerprint density at radius 1 is 1.38 bits per heavy atom. The number of hydrogen-bond donors (Lipinski definition) is 5. The Morgan fingerprint density at radius 2 is 1.88 bits per heavy atom. The van der Waals surface area contributed by atoms with Gasteiger partial charge in [0, 0.05) is 0 Å². The minimum absolute atomic E-state index is 0.0208. The molecule has 0 aliphatic carbocycles. The third kappa shape index (κ3) is 4.51. The van der Waals surface area contributed by atoms with Crippen molar-refractivity contribution in [1.82, 2.24) is 10.6 Å².